The number of morpholine rings is 1. The van der Waals surface area contributed by atoms with Crippen LogP contribution in [-0.2, 0) is 4.74 Å². The molecule has 1 aliphatic rings. The van der Waals surface area contributed by atoms with E-state index in [1.165, 1.54) is 44.5 Å². The molecule has 0 aliphatic carbocycles. The molecule has 4 heteroatoms. The smallest absolute Gasteiger partial charge is 0.0594 e. The van der Waals surface area contributed by atoms with Gasteiger partial charge in [-0.2, -0.15) is 11.8 Å². The van der Waals surface area contributed by atoms with Gasteiger partial charge in [-0.25, -0.2) is 0 Å². The van der Waals surface area contributed by atoms with Gasteiger partial charge in [-0.15, -0.1) is 0 Å². The average Bonchev–Trinajstić information content (AvgIpc) is 2.38. The van der Waals surface area contributed by atoms with E-state index in [0.29, 0.717) is 0 Å². The number of nitrogens with zero attached hydrogens (tertiary/aromatic N) is 1. The quantitative estimate of drug-likeness (QED) is 0.606. The van der Waals surface area contributed by atoms with Gasteiger partial charge in [0.15, 0.2) is 0 Å². The second-order valence-corrected chi connectivity index (χ2v) is 5.60. The van der Waals surface area contributed by atoms with Crippen LogP contribution in [0.15, 0.2) is 0 Å². The first kappa shape index (κ1) is 15.3. The van der Waals surface area contributed by atoms with Crippen molar-refractivity contribution in [2.24, 2.45) is 0 Å². The van der Waals surface area contributed by atoms with Crippen LogP contribution < -0.4 is 5.32 Å². The van der Waals surface area contributed by atoms with Crippen LogP contribution in [0, 0.1) is 0 Å². The van der Waals surface area contributed by atoms with Gasteiger partial charge in [0.1, 0.15) is 0 Å². The van der Waals surface area contributed by atoms with Gasteiger partial charge < -0.3 is 10.1 Å². The minimum absolute atomic E-state index is 0.912. The molecule has 0 aromatic carbocycles. The molecule has 0 aromatic heterocycles. The van der Waals surface area contributed by atoms with E-state index in [1.54, 1.807) is 0 Å². The monoisotopic (exact) mass is 260 g/mol. The van der Waals surface area contributed by atoms with Gasteiger partial charge in [-0.1, -0.05) is 12.8 Å². The Morgan fingerprint density at radius 1 is 1.06 bits per heavy atom. The Hall–Kier alpha value is 0.230. The highest BCUT2D eigenvalue weighted by atomic mass is 32.2. The van der Waals surface area contributed by atoms with E-state index < -0.39 is 0 Å². The topological polar surface area (TPSA) is 24.5 Å². The van der Waals surface area contributed by atoms with Crippen LogP contribution in [0.1, 0.15) is 25.7 Å². The van der Waals surface area contributed by atoms with Crippen LogP contribution in [0.4, 0.5) is 0 Å². The average molecular weight is 260 g/mol. The summed E-state index contributed by atoms with van der Waals surface area (Å²) in [4.78, 5) is 2.48. The summed E-state index contributed by atoms with van der Waals surface area (Å²) in [5.41, 5.74) is 0. The van der Waals surface area contributed by atoms with Crippen molar-refractivity contribution < 1.29 is 4.74 Å². The van der Waals surface area contributed by atoms with E-state index in [1.807, 2.05) is 11.8 Å². The Labute approximate surface area is 111 Å². The number of nitrogens with one attached hydrogen (secondary N) is 1. The molecule has 0 unspecified atom stereocenters. The zero-order chi connectivity index (χ0) is 12.2. The Morgan fingerprint density at radius 2 is 1.82 bits per heavy atom. The molecule has 0 radical (unpaired) electrons. The third-order valence-electron chi connectivity index (χ3n) is 3.16. The third kappa shape index (κ3) is 8.89. The maximum atomic E-state index is 5.33. The van der Waals surface area contributed by atoms with Crippen molar-refractivity contribution in [1.82, 2.24) is 10.2 Å². The normalized spacial score (nSPS) is 17.5. The summed E-state index contributed by atoms with van der Waals surface area (Å²) in [5.74, 6) is 1.32. The third-order valence-corrected chi connectivity index (χ3v) is 3.86. The number of ether oxygens (including phenoxy) is 1. The van der Waals surface area contributed by atoms with Crippen LogP contribution in [0.5, 0.6) is 0 Å². The van der Waals surface area contributed by atoms with Crippen LogP contribution in [0.3, 0.4) is 0 Å². The first-order chi connectivity index (χ1) is 8.43. The van der Waals surface area contributed by atoms with Crippen molar-refractivity contribution in [1.29, 1.82) is 0 Å². The van der Waals surface area contributed by atoms with Gasteiger partial charge in [0.05, 0.1) is 13.2 Å². The Balaban J connectivity index is 1.75. The largest absolute Gasteiger partial charge is 0.379 e. The minimum Gasteiger partial charge on any atom is -0.379 e. The molecule has 1 saturated heterocycles. The van der Waals surface area contributed by atoms with Crippen molar-refractivity contribution in [2.75, 3.05) is 57.9 Å². The molecular weight excluding hydrogens is 232 g/mol. The Bertz CT molecular complexity index is 163. The molecule has 102 valence electrons. The van der Waals surface area contributed by atoms with E-state index in [2.05, 4.69) is 16.5 Å². The lowest BCUT2D eigenvalue weighted by atomic mass is 10.2. The van der Waals surface area contributed by atoms with E-state index >= 15 is 0 Å². The van der Waals surface area contributed by atoms with Crippen molar-refractivity contribution in [3.63, 3.8) is 0 Å². The van der Waals surface area contributed by atoms with E-state index in [0.717, 1.165) is 32.8 Å². The fourth-order valence-electron chi connectivity index (χ4n) is 2.04. The molecule has 17 heavy (non-hydrogen) atoms. The maximum absolute atomic E-state index is 5.33. The number of rotatable bonds is 10. The van der Waals surface area contributed by atoms with Crippen molar-refractivity contribution in [3.8, 4) is 0 Å². The summed E-state index contributed by atoms with van der Waals surface area (Å²) in [6.45, 7) is 7.53. The minimum atomic E-state index is 0.912. The van der Waals surface area contributed by atoms with E-state index in [9.17, 15) is 0 Å². The molecule has 1 rings (SSSR count). The summed E-state index contributed by atoms with van der Waals surface area (Å²) in [7, 11) is 0. The lowest BCUT2D eigenvalue weighted by Crippen LogP contribution is -2.40. The predicted molar refractivity (Wildman–Crippen MR) is 77.0 cm³/mol. The second-order valence-electron chi connectivity index (χ2n) is 4.61. The van der Waals surface area contributed by atoms with Gasteiger partial charge in [-0.3, -0.25) is 4.90 Å². The molecule has 1 aliphatic heterocycles. The molecule has 0 saturated carbocycles. The maximum Gasteiger partial charge on any atom is 0.0594 e. The summed E-state index contributed by atoms with van der Waals surface area (Å²) < 4.78 is 5.33. The fourth-order valence-corrected chi connectivity index (χ4v) is 2.53. The summed E-state index contributed by atoms with van der Waals surface area (Å²) in [6, 6.07) is 0. The highest BCUT2D eigenvalue weighted by Crippen LogP contribution is 2.03. The van der Waals surface area contributed by atoms with E-state index in [-0.39, 0.29) is 0 Å². The lowest BCUT2D eigenvalue weighted by molar-refractivity contribution is 0.0384. The molecule has 1 fully saturated rings. The number of thioether (sulfide) groups is 1. The second kappa shape index (κ2) is 11.3. The first-order valence-electron chi connectivity index (χ1n) is 6.93. The van der Waals surface area contributed by atoms with Crippen LogP contribution in [0.2, 0.25) is 0 Å². The molecule has 1 N–H and O–H groups in total. The molecule has 0 amide bonds. The van der Waals surface area contributed by atoms with Gasteiger partial charge in [0.25, 0.3) is 0 Å². The molecule has 0 bridgehead atoms. The molecule has 0 spiro atoms. The Kier molecular flexibility index (Phi) is 10.2. The lowest BCUT2D eigenvalue weighted by Gasteiger charge is -2.26. The van der Waals surface area contributed by atoms with Crippen LogP contribution >= 0.6 is 11.8 Å². The van der Waals surface area contributed by atoms with Crippen molar-refractivity contribution >= 4 is 11.8 Å². The number of hydrogen-bond acceptors (Lipinski definition) is 4. The molecule has 0 aromatic rings. The molecular formula is C13H28N2OS. The highest BCUT2D eigenvalue weighted by Gasteiger charge is 2.08. The number of hydrogen-bond donors (Lipinski definition) is 1. The molecule has 1 heterocycles. The standard InChI is InChI=1S/C13H28N2OS/c1-17-13-5-3-2-4-6-14-7-8-15-9-11-16-12-10-15/h14H,2-13H2,1H3. The van der Waals surface area contributed by atoms with E-state index in [4.69, 9.17) is 4.74 Å². The Morgan fingerprint density at radius 3 is 2.59 bits per heavy atom. The van der Waals surface area contributed by atoms with Gasteiger partial charge in [0.2, 0.25) is 0 Å². The zero-order valence-corrected chi connectivity index (χ0v) is 12.1. The summed E-state index contributed by atoms with van der Waals surface area (Å²) in [6.07, 6.45) is 7.68. The first-order valence-corrected chi connectivity index (χ1v) is 8.32. The zero-order valence-electron chi connectivity index (χ0n) is 11.2. The molecule has 3 nitrogen and oxygen atoms in total. The summed E-state index contributed by atoms with van der Waals surface area (Å²) >= 11 is 1.96. The van der Waals surface area contributed by atoms with Gasteiger partial charge >= 0.3 is 0 Å². The predicted octanol–water partition coefficient (Wildman–Crippen LogP) is 1.83. The van der Waals surface area contributed by atoms with Crippen LogP contribution in [-0.4, -0.2) is 62.8 Å². The van der Waals surface area contributed by atoms with Crippen molar-refractivity contribution in [2.45, 2.75) is 25.7 Å². The summed E-state index contributed by atoms with van der Waals surface area (Å²) in [5, 5.41) is 3.54. The van der Waals surface area contributed by atoms with Crippen LogP contribution in [0.25, 0.3) is 0 Å². The van der Waals surface area contributed by atoms with Gasteiger partial charge in [0, 0.05) is 26.2 Å². The van der Waals surface area contributed by atoms with Gasteiger partial charge in [-0.05, 0) is 31.4 Å². The fraction of sp³-hybridized carbons (Fsp3) is 1.00. The molecule has 0 atom stereocenters. The highest BCUT2D eigenvalue weighted by molar-refractivity contribution is 7.98. The SMILES string of the molecule is CSCCCCCCNCCN1CCOCC1. The number of unbranched alkanes of at least 4 members (excludes halogenated alkanes) is 3. The van der Waals surface area contributed by atoms with Crippen molar-refractivity contribution in [3.05, 3.63) is 0 Å².